The number of aromatic carboxylic acids is 1. The van der Waals surface area contributed by atoms with Crippen LogP contribution in [0.5, 0.6) is 0 Å². The molecule has 1 heterocycles. The van der Waals surface area contributed by atoms with Crippen molar-refractivity contribution in [3.63, 3.8) is 0 Å². The van der Waals surface area contributed by atoms with Crippen molar-refractivity contribution in [2.45, 2.75) is 31.6 Å². The van der Waals surface area contributed by atoms with Gasteiger partial charge in [0.15, 0.2) is 5.69 Å². The fraction of sp³-hybridized carbons (Fsp3) is 0.389. The number of carbonyl (C=O) groups is 1. The highest BCUT2D eigenvalue weighted by atomic mass is 79.9. The van der Waals surface area contributed by atoms with Crippen molar-refractivity contribution in [3.8, 4) is 0 Å². The molecule has 1 aromatic carbocycles. The third-order valence-electron chi connectivity index (χ3n) is 4.60. The van der Waals surface area contributed by atoms with E-state index in [1.165, 1.54) is 31.2 Å². The number of benzene rings is 1. The molecule has 1 aliphatic carbocycles. The summed E-state index contributed by atoms with van der Waals surface area (Å²) in [5.74, 6) is 0.646. The van der Waals surface area contributed by atoms with Crippen LogP contribution in [0, 0.1) is 5.92 Å². The largest absolute Gasteiger partial charge is 0.476 e. The second-order valence-corrected chi connectivity index (χ2v) is 7.00. The first-order chi connectivity index (χ1) is 11.6. The lowest BCUT2D eigenvalue weighted by atomic mass is 9.78. The first-order valence-corrected chi connectivity index (χ1v) is 8.97. The van der Waals surface area contributed by atoms with E-state index in [0.29, 0.717) is 22.1 Å². The van der Waals surface area contributed by atoms with Gasteiger partial charge in [0.25, 0.3) is 0 Å². The lowest BCUT2D eigenvalue weighted by molar-refractivity contribution is 0.0689. The standard InChI is InChI=1S/C18H20BrN3O2/c19-15-16(18(23)24)21-11-22-17(15)20-10-12-5-4-8-14(9-12)13-6-2-1-3-7-13/h1-3,6-7,11-12,14H,4-5,8-10H2,(H,23,24)(H,20,21,22). The number of nitrogens with zero attached hydrogens (tertiary/aromatic N) is 2. The molecule has 0 aliphatic heterocycles. The van der Waals surface area contributed by atoms with Crippen LogP contribution >= 0.6 is 15.9 Å². The maximum absolute atomic E-state index is 11.1. The summed E-state index contributed by atoms with van der Waals surface area (Å²) in [6.07, 6.45) is 6.07. The second-order valence-electron chi connectivity index (χ2n) is 6.21. The van der Waals surface area contributed by atoms with E-state index >= 15 is 0 Å². The number of halogens is 1. The number of anilines is 1. The van der Waals surface area contributed by atoms with E-state index in [2.05, 4.69) is 61.5 Å². The van der Waals surface area contributed by atoms with Crippen LogP contribution in [0.4, 0.5) is 5.82 Å². The Morgan fingerprint density at radius 3 is 2.79 bits per heavy atom. The van der Waals surface area contributed by atoms with Gasteiger partial charge in [0.2, 0.25) is 0 Å². The molecule has 1 aromatic heterocycles. The van der Waals surface area contributed by atoms with E-state index in [1.807, 2.05) is 0 Å². The normalized spacial score (nSPS) is 20.5. The summed E-state index contributed by atoms with van der Waals surface area (Å²) in [5.41, 5.74) is 1.40. The van der Waals surface area contributed by atoms with Gasteiger partial charge in [-0.25, -0.2) is 14.8 Å². The highest BCUT2D eigenvalue weighted by Crippen LogP contribution is 2.36. The van der Waals surface area contributed by atoms with Gasteiger partial charge >= 0.3 is 5.97 Å². The van der Waals surface area contributed by atoms with Crippen LogP contribution in [0.25, 0.3) is 0 Å². The van der Waals surface area contributed by atoms with E-state index in [4.69, 9.17) is 5.11 Å². The Hall–Kier alpha value is -1.95. The number of rotatable bonds is 5. The average Bonchev–Trinajstić information content (AvgIpc) is 2.61. The van der Waals surface area contributed by atoms with Gasteiger partial charge in [-0.15, -0.1) is 0 Å². The fourth-order valence-corrected chi connectivity index (χ4v) is 3.90. The van der Waals surface area contributed by atoms with Crippen molar-refractivity contribution < 1.29 is 9.90 Å². The molecule has 126 valence electrons. The summed E-state index contributed by atoms with van der Waals surface area (Å²) in [4.78, 5) is 19.1. The Morgan fingerprint density at radius 1 is 1.25 bits per heavy atom. The maximum atomic E-state index is 11.1. The summed E-state index contributed by atoms with van der Waals surface area (Å²) >= 11 is 3.29. The van der Waals surface area contributed by atoms with Crippen molar-refractivity contribution in [1.29, 1.82) is 0 Å². The summed E-state index contributed by atoms with van der Waals surface area (Å²) in [7, 11) is 0. The van der Waals surface area contributed by atoms with Crippen molar-refractivity contribution in [1.82, 2.24) is 9.97 Å². The van der Waals surface area contributed by atoms with Crippen LogP contribution in [0.15, 0.2) is 41.1 Å². The van der Waals surface area contributed by atoms with E-state index in [9.17, 15) is 4.79 Å². The van der Waals surface area contributed by atoms with Gasteiger partial charge in [0.1, 0.15) is 12.1 Å². The third-order valence-corrected chi connectivity index (χ3v) is 5.36. The molecule has 0 amide bonds. The van der Waals surface area contributed by atoms with E-state index in [-0.39, 0.29) is 5.69 Å². The Balaban J connectivity index is 1.63. The minimum atomic E-state index is -1.06. The van der Waals surface area contributed by atoms with Gasteiger partial charge < -0.3 is 10.4 Å². The van der Waals surface area contributed by atoms with Crippen molar-refractivity contribution >= 4 is 27.7 Å². The van der Waals surface area contributed by atoms with E-state index < -0.39 is 5.97 Å². The lowest BCUT2D eigenvalue weighted by Gasteiger charge is -2.29. The predicted octanol–water partition coefficient (Wildman–Crippen LogP) is 4.32. The van der Waals surface area contributed by atoms with Crippen LogP contribution in [0.3, 0.4) is 0 Å². The molecule has 5 nitrogen and oxygen atoms in total. The molecule has 0 spiro atoms. The van der Waals surface area contributed by atoms with Gasteiger partial charge in [-0.3, -0.25) is 0 Å². The number of carboxylic acid groups (broad SMARTS) is 1. The molecule has 0 saturated heterocycles. The smallest absolute Gasteiger partial charge is 0.355 e. The molecule has 3 rings (SSSR count). The number of carboxylic acids is 1. The Kier molecular flexibility index (Phi) is 5.45. The van der Waals surface area contributed by atoms with Crippen molar-refractivity contribution in [2.75, 3.05) is 11.9 Å². The maximum Gasteiger partial charge on any atom is 0.355 e. The molecule has 6 heteroatoms. The summed E-state index contributed by atoms with van der Waals surface area (Å²) < 4.78 is 0.410. The van der Waals surface area contributed by atoms with Crippen LogP contribution < -0.4 is 5.32 Å². The van der Waals surface area contributed by atoms with E-state index in [0.717, 1.165) is 13.0 Å². The summed E-state index contributed by atoms with van der Waals surface area (Å²) in [5, 5.41) is 12.4. The second kappa shape index (κ2) is 7.75. The molecule has 1 saturated carbocycles. The summed E-state index contributed by atoms with van der Waals surface area (Å²) in [6.45, 7) is 0.790. The third kappa shape index (κ3) is 3.93. The van der Waals surface area contributed by atoms with Gasteiger partial charge in [-0.2, -0.15) is 0 Å². The molecule has 1 fully saturated rings. The van der Waals surface area contributed by atoms with Crippen LogP contribution in [-0.4, -0.2) is 27.6 Å². The Morgan fingerprint density at radius 2 is 2.04 bits per heavy atom. The number of nitrogens with one attached hydrogen (secondary N) is 1. The molecule has 0 bridgehead atoms. The molecule has 2 aromatic rings. The molecule has 24 heavy (non-hydrogen) atoms. The zero-order chi connectivity index (χ0) is 16.9. The topological polar surface area (TPSA) is 75.1 Å². The highest BCUT2D eigenvalue weighted by Gasteiger charge is 2.23. The van der Waals surface area contributed by atoms with Crippen LogP contribution in [-0.2, 0) is 0 Å². The monoisotopic (exact) mass is 389 g/mol. The molecule has 2 N–H and O–H groups in total. The fourth-order valence-electron chi connectivity index (χ4n) is 3.39. The lowest BCUT2D eigenvalue weighted by Crippen LogP contribution is -2.22. The Labute approximate surface area is 149 Å². The predicted molar refractivity (Wildman–Crippen MR) is 96.3 cm³/mol. The zero-order valence-corrected chi connectivity index (χ0v) is 14.9. The first-order valence-electron chi connectivity index (χ1n) is 8.17. The van der Waals surface area contributed by atoms with Gasteiger partial charge in [0, 0.05) is 6.54 Å². The number of aromatic nitrogens is 2. The van der Waals surface area contributed by atoms with Crippen molar-refractivity contribution in [3.05, 3.63) is 52.4 Å². The van der Waals surface area contributed by atoms with Gasteiger partial charge in [-0.05, 0) is 52.6 Å². The van der Waals surface area contributed by atoms with Gasteiger partial charge in [0.05, 0.1) is 4.47 Å². The molecular weight excluding hydrogens is 370 g/mol. The molecule has 2 atom stereocenters. The molecular formula is C18H20BrN3O2. The quantitative estimate of drug-likeness (QED) is 0.795. The Bertz CT molecular complexity index is 709. The van der Waals surface area contributed by atoms with E-state index in [1.54, 1.807) is 0 Å². The summed E-state index contributed by atoms with van der Waals surface area (Å²) in [6, 6.07) is 10.7. The highest BCUT2D eigenvalue weighted by molar-refractivity contribution is 9.10. The van der Waals surface area contributed by atoms with Crippen molar-refractivity contribution in [2.24, 2.45) is 5.92 Å². The molecule has 1 aliphatic rings. The van der Waals surface area contributed by atoms with Crippen LogP contribution in [0.2, 0.25) is 0 Å². The van der Waals surface area contributed by atoms with Gasteiger partial charge in [-0.1, -0.05) is 36.8 Å². The molecule has 2 unspecified atom stereocenters. The SMILES string of the molecule is O=C(O)c1ncnc(NCC2CCCC(c3ccccc3)C2)c1Br. The minimum absolute atomic E-state index is 0.0155. The van der Waals surface area contributed by atoms with Crippen LogP contribution in [0.1, 0.15) is 47.7 Å². The molecule has 0 radical (unpaired) electrons. The minimum Gasteiger partial charge on any atom is -0.476 e. The number of hydrogen-bond acceptors (Lipinski definition) is 4. The zero-order valence-electron chi connectivity index (χ0n) is 13.3. The number of hydrogen-bond donors (Lipinski definition) is 2. The average molecular weight is 390 g/mol. The first kappa shape index (κ1) is 16.9.